The predicted octanol–water partition coefficient (Wildman–Crippen LogP) is 4.22. The summed E-state index contributed by atoms with van der Waals surface area (Å²) in [4.78, 5) is 2.44. The maximum atomic E-state index is 14.1. The van der Waals surface area contributed by atoms with Gasteiger partial charge in [0.15, 0.2) is 0 Å². The molecule has 0 saturated carbocycles. The molecule has 0 aliphatic carbocycles. The van der Waals surface area contributed by atoms with E-state index in [1.54, 1.807) is 6.07 Å². The highest BCUT2D eigenvalue weighted by Gasteiger charge is 2.41. The van der Waals surface area contributed by atoms with E-state index in [-0.39, 0.29) is 16.9 Å². The van der Waals surface area contributed by atoms with Gasteiger partial charge >= 0.3 is 0 Å². The van der Waals surface area contributed by atoms with E-state index in [0.29, 0.717) is 11.6 Å². The lowest BCUT2D eigenvalue weighted by Gasteiger charge is -2.52. The van der Waals surface area contributed by atoms with Crippen molar-refractivity contribution in [1.29, 1.82) is 0 Å². The van der Waals surface area contributed by atoms with E-state index in [1.807, 2.05) is 6.07 Å². The van der Waals surface area contributed by atoms with Crippen LogP contribution in [0.25, 0.3) is 0 Å². The molecule has 1 aliphatic rings. The fraction of sp³-hybridized carbons (Fsp3) is 0.647. The number of nitrogens with zero attached hydrogens (tertiary/aromatic N) is 1. The first-order chi connectivity index (χ1) is 9.82. The summed E-state index contributed by atoms with van der Waals surface area (Å²) in [6, 6.07) is 4.99. The van der Waals surface area contributed by atoms with Crippen molar-refractivity contribution in [3.05, 3.63) is 34.6 Å². The maximum absolute atomic E-state index is 14.1. The first-order valence-corrected chi connectivity index (χ1v) is 8.14. The molecular weight excluding hydrogens is 287 g/mol. The minimum absolute atomic E-state index is 0.0523. The van der Waals surface area contributed by atoms with E-state index in [1.165, 1.54) is 6.07 Å². The quantitative estimate of drug-likeness (QED) is 0.895. The molecule has 1 aliphatic heterocycles. The molecule has 1 fully saturated rings. The van der Waals surface area contributed by atoms with Crippen molar-refractivity contribution in [2.75, 3.05) is 13.1 Å². The normalized spacial score (nSPS) is 21.4. The van der Waals surface area contributed by atoms with Gasteiger partial charge in [-0.2, -0.15) is 0 Å². The summed E-state index contributed by atoms with van der Waals surface area (Å²) in [5.74, 6) is -0.208. The second-order valence-electron chi connectivity index (χ2n) is 6.76. The minimum atomic E-state index is -0.208. The number of benzene rings is 1. The van der Waals surface area contributed by atoms with Crippen molar-refractivity contribution in [2.45, 2.75) is 58.2 Å². The SMILES string of the molecule is CCC1(CC)CNC(C)(C)CN1Cc1ccc(Cl)cc1F. The van der Waals surface area contributed by atoms with Gasteiger partial charge in [0.1, 0.15) is 5.82 Å². The van der Waals surface area contributed by atoms with Gasteiger partial charge in [-0.25, -0.2) is 4.39 Å². The van der Waals surface area contributed by atoms with Gasteiger partial charge in [-0.15, -0.1) is 0 Å². The van der Waals surface area contributed by atoms with Crippen LogP contribution in [0.4, 0.5) is 4.39 Å². The second kappa shape index (κ2) is 6.23. The standard InChI is InChI=1S/C17H26ClFN2/c1-5-17(6-2)11-20-16(3,4)12-21(17)10-13-7-8-14(18)9-15(13)19/h7-9,20H,5-6,10-12H2,1-4H3. The molecule has 4 heteroatoms. The summed E-state index contributed by atoms with van der Waals surface area (Å²) < 4.78 is 14.1. The smallest absolute Gasteiger partial charge is 0.129 e. The van der Waals surface area contributed by atoms with Gasteiger partial charge in [0, 0.05) is 41.3 Å². The third-order valence-electron chi connectivity index (χ3n) is 4.85. The van der Waals surface area contributed by atoms with E-state index in [9.17, 15) is 4.39 Å². The Morgan fingerprint density at radius 2 is 1.95 bits per heavy atom. The Bertz CT molecular complexity index is 498. The van der Waals surface area contributed by atoms with Crippen LogP contribution < -0.4 is 5.32 Å². The van der Waals surface area contributed by atoms with Crippen LogP contribution in [0.3, 0.4) is 0 Å². The molecule has 1 aromatic carbocycles. The molecule has 0 atom stereocenters. The summed E-state index contributed by atoms with van der Waals surface area (Å²) >= 11 is 5.85. The molecule has 0 amide bonds. The van der Waals surface area contributed by atoms with Crippen molar-refractivity contribution in [1.82, 2.24) is 10.2 Å². The molecule has 21 heavy (non-hydrogen) atoms. The Hall–Kier alpha value is -0.640. The topological polar surface area (TPSA) is 15.3 Å². The number of hydrogen-bond acceptors (Lipinski definition) is 2. The van der Waals surface area contributed by atoms with Crippen LogP contribution in [0.2, 0.25) is 5.02 Å². The van der Waals surface area contributed by atoms with Gasteiger partial charge in [0.2, 0.25) is 0 Å². The van der Waals surface area contributed by atoms with Gasteiger partial charge in [0.25, 0.3) is 0 Å². The Morgan fingerprint density at radius 3 is 2.52 bits per heavy atom. The van der Waals surface area contributed by atoms with E-state index >= 15 is 0 Å². The first kappa shape index (κ1) is 16.7. The second-order valence-corrected chi connectivity index (χ2v) is 7.20. The molecule has 2 rings (SSSR count). The largest absolute Gasteiger partial charge is 0.309 e. The van der Waals surface area contributed by atoms with E-state index in [2.05, 4.69) is 37.9 Å². The average molecular weight is 313 g/mol. The number of hydrogen-bond donors (Lipinski definition) is 1. The van der Waals surface area contributed by atoms with Gasteiger partial charge in [0.05, 0.1) is 0 Å². The molecule has 1 aromatic rings. The van der Waals surface area contributed by atoms with Gasteiger partial charge in [-0.05, 0) is 38.8 Å². The number of rotatable bonds is 4. The molecule has 1 saturated heterocycles. The average Bonchev–Trinajstić information content (AvgIpc) is 2.42. The third kappa shape index (κ3) is 3.58. The molecule has 0 radical (unpaired) electrons. The lowest BCUT2D eigenvalue weighted by molar-refractivity contribution is 0.00164. The van der Waals surface area contributed by atoms with E-state index in [0.717, 1.165) is 31.5 Å². The molecule has 0 bridgehead atoms. The highest BCUT2D eigenvalue weighted by atomic mass is 35.5. The van der Waals surface area contributed by atoms with Crippen LogP contribution in [0.1, 0.15) is 46.1 Å². The molecule has 0 spiro atoms. The molecular formula is C17H26ClFN2. The predicted molar refractivity (Wildman–Crippen MR) is 87.2 cm³/mol. The maximum Gasteiger partial charge on any atom is 0.129 e. The number of piperazine rings is 1. The van der Waals surface area contributed by atoms with Gasteiger partial charge < -0.3 is 5.32 Å². The zero-order valence-electron chi connectivity index (χ0n) is 13.5. The minimum Gasteiger partial charge on any atom is -0.309 e. The Kier molecular flexibility index (Phi) is 4.96. The molecule has 0 unspecified atom stereocenters. The first-order valence-electron chi connectivity index (χ1n) is 7.76. The van der Waals surface area contributed by atoms with Crippen molar-refractivity contribution in [3.8, 4) is 0 Å². The van der Waals surface area contributed by atoms with E-state index < -0.39 is 0 Å². The Balaban J connectivity index is 2.27. The summed E-state index contributed by atoms with van der Waals surface area (Å²) in [7, 11) is 0. The summed E-state index contributed by atoms with van der Waals surface area (Å²) in [6.07, 6.45) is 2.11. The van der Waals surface area contributed by atoms with Crippen LogP contribution in [0, 0.1) is 5.82 Å². The summed E-state index contributed by atoms with van der Waals surface area (Å²) in [6.45, 7) is 11.3. The third-order valence-corrected chi connectivity index (χ3v) is 5.08. The fourth-order valence-corrected chi connectivity index (χ4v) is 3.40. The summed E-state index contributed by atoms with van der Waals surface area (Å²) in [5, 5.41) is 4.09. The Morgan fingerprint density at radius 1 is 1.29 bits per heavy atom. The molecule has 0 aromatic heterocycles. The van der Waals surface area contributed by atoms with Crippen molar-refractivity contribution in [2.24, 2.45) is 0 Å². The van der Waals surface area contributed by atoms with Crippen molar-refractivity contribution >= 4 is 11.6 Å². The van der Waals surface area contributed by atoms with Crippen LogP contribution in [-0.4, -0.2) is 29.1 Å². The molecule has 1 N–H and O–H groups in total. The van der Waals surface area contributed by atoms with Crippen LogP contribution in [0.15, 0.2) is 18.2 Å². The highest BCUT2D eigenvalue weighted by Crippen LogP contribution is 2.32. The molecule has 118 valence electrons. The van der Waals surface area contributed by atoms with Crippen LogP contribution in [-0.2, 0) is 6.54 Å². The van der Waals surface area contributed by atoms with Gasteiger partial charge in [-0.1, -0.05) is 31.5 Å². The zero-order chi connectivity index (χ0) is 15.7. The molecule has 1 heterocycles. The van der Waals surface area contributed by atoms with Crippen molar-refractivity contribution < 1.29 is 4.39 Å². The number of nitrogens with one attached hydrogen (secondary N) is 1. The summed E-state index contributed by atoms with van der Waals surface area (Å²) in [5.41, 5.74) is 0.876. The van der Waals surface area contributed by atoms with Crippen molar-refractivity contribution in [3.63, 3.8) is 0 Å². The van der Waals surface area contributed by atoms with E-state index in [4.69, 9.17) is 11.6 Å². The van der Waals surface area contributed by atoms with Gasteiger partial charge in [-0.3, -0.25) is 4.90 Å². The van der Waals surface area contributed by atoms with Crippen LogP contribution >= 0.6 is 11.6 Å². The Labute approximate surface area is 132 Å². The fourth-order valence-electron chi connectivity index (χ4n) is 3.24. The number of halogens is 2. The zero-order valence-corrected chi connectivity index (χ0v) is 14.2. The molecule has 2 nitrogen and oxygen atoms in total. The highest BCUT2D eigenvalue weighted by molar-refractivity contribution is 6.30. The lowest BCUT2D eigenvalue weighted by Crippen LogP contribution is -2.67. The lowest BCUT2D eigenvalue weighted by atomic mass is 9.84. The monoisotopic (exact) mass is 312 g/mol. The van der Waals surface area contributed by atoms with Crippen LogP contribution in [0.5, 0.6) is 0 Å².